The second-order valence-corrected chi connectivity index (χ2v) is 0.316. The molecule has 0 aliphatic carbocycles. The van der Waals surface area contributed by atoms with Crippen LogP contribution in [-0.2, 0) is 20.4 Å². The molecule has 0 fully saturated rings. The van der Waals surface area contributed by atoms with Crippen molar-refractivity contribution in [2.75, 3.05) is 6.61 Å². The Morgan fingerprint density at radius 3 is 1.33 bits per heavy atom. The second-order valence-electron chi connectivity index (χ2n) is 0.316. The van der Waals surface area contributed by atoms with Crippen molar-refractivity contribution in [1.82, 2.24) is 0 Å². The van der Waals surface area contributed by atoms with Crippen molar-refractivity contribution >= 4 is 0 Å². The smallest absolute Gasteiger partial charge is 0.870 e. The predicted molar refractivity (Wildman–Crippen MR) is 16.6 cm³/mol. The molecule has 3 nitrogen and oxygen atoms in total. The Balaban J connectivity index is -0.00000000667. The predicted octanol–water partition coefficient (Wildman–Crippen LogP) is -0.358. The van der Waals surface area contributed by atoms with Gasteiger partial charge in [0.1, 0.15) is 0 Å². The van der Waals surface area contributed by atoms with Crippen molar-refractivity contribution in [3.05, 3.63) is 0 Å². The molecule has 0 bridgehead atoms. The molecule has 0 heterocycles. The topological polar surface area (TPSA) is 80.2 Å². The van der Waals surface area contributed by atoms with Gasteiger partial charge in [0.25, 0.3) is 0 Å². The van der Waals surface area contributed by atoms with Gasteiger partial charge < -0.3 is 16.1 Å². The van der Waals surface area contributed by atoms with E-state index in [0.717, 1.165) is 0 Å². The number of aliphatic hydroxyl groups excluding tert-OH is 1. The summed E-state index contributed by atoms with van der Waals surface area (Å²) in [5.74, 6) is 0. The van der Waals surface area contributed by atoms with Gasteiger partial charge in [-0.15, -0.1) is 0 Å². The van der Waals surface area contributed by atoms with Crippen LogP contribution in [0.5, 0.6) is 0 Å². The molecule has 44 valence electrons. The summed E-state index contributed by atoms with van der Waals surface area (Å²) < 4.78 is 0. The molecule has 0 aromatic carbocycles. The summed E-state index contributed by atoms with van der Waals surface area (Å²) in [7, 11) is 0. The Hall–Kier alpha value is 0.542. The van der Waals surface area contributed by atoms with Gasteiger partial charge in [0.15, 0.2) is 0 Å². The van der Waals surface area contributed by atoms with Crippen molar-refractivity contribution < 1.29 is 36.5 Å². The Bertz CT molecular complexity index is 8.75. The van der Waals surface area contributed by atoms with Gasteiger partial charge in [0, 0.05) is 6.61 Å². The third kappa shape index (κ3) is 194. The molecule has 3 N–H and O–H groups in total. The first-order chi connectivity index (χ1) is 1.41. The molecule has 0 aromatic rings. The summed E-state index contributed by atoms with van der Waals surface area (Å²) in [5.41, 5.74) is 0. The fourth-order valence-corrected chi connectivity index (χ4v) is 0. The van der Waals surface area contributed by atoms with E-state index < -0.39 is 0 Å². The molecule has 0 radical (unpaired) electrons. The Labute approximate surface area is 50.6 Å². The van der Waals surface area contributed by atoms with E-state index in [1.54, 1.807) is 6.92 Å². The fourth-order valence-electron chi connectivity index (χ4n) is 0. The molecule has 0 aliphatic rings. The molecule has 0 atom stereocenters. The Morgan fingerprint density at radius 1 is 1.33 bits per heavy atom. The minimum absolute atomic E-state index is 0. The van der Waals surface area contributed by atoms with Crippen LogP contribution < -0.4 is 0 Å². The number of aliphatic hydroxyl groups is 1. The van der Waals surface area contributed by atoms with E-state index >= 15 is 0 Å². The molecule has 0 unspecified atom stereocenters. The molecule has 6 heavy (non-hydrogen) atoms. The summed E-state index contributed by atoms with van der Waals surface area (Å²) in [6, 6.07) is 0. The van der Waals surface area contributed by atoms with E-state index in [1.165, 1.54) is 0 Å². The number of hydrogen-bond acceptors (Lipinski definition) is 3. The minimum atomic E-state index is 0. The van der Waals surface area contributed by atoms with E-state index in [4.69, 9.17) is 5.11 Å². The van der Waals surface area contributed by atoms with Crippen molar-refractivity contribution in [3.8, 4) is 0 Å². The van der Waals surface area contributed by atoms with E-state index in [1.807, 2.05) is 0 Å². The van der Waals surface area contributed by atoms with Crippen LogP contribution in [-0.4, -0.2) is 22.7 Å². The van der Waals surface area contributed by atoms with Gasteiger partial charge in [0.2, 0.25) is 0 Å². The first-order valence-corrected chi connectivity index (χ1v) is 1.02. The summed E-state index contributed by atoms with van der Waals surface area (Å²) in [5, 5.41) is 7.57. The zero-order valence-electron chi connectivity index (χ0n) is 3.36. The van der Waals surface area contributed by atoms with E-state index in [9.17, 15) is 0 Å². The van der Waals surface area contributed by atoms with Crippen LogP contribution in [0.3, 0.4) is 0 Å². The normalized spacial score (nSPS) is 3.00. The van der Waals surface area contributed by atoms with Crippen LogP contribution in [0, 0.1) is 0 Å². The third-order valence-corrected chi connectivity index (χ3v) is 0. The standard InChI is InChI=1S/C2H6O.2H2O.Pd/c1-2-3;;;/h3H,2H2,1H3;2*1H2;/q;;;+2/p-2. The molecule has 0 amide bonds. The van der Waals surface area contributed by atoms with Crippen LogP contribution in [0.2, 0.25) is 0 Å². The maximum Gasteiger partial charge on any atom is 2.00 e. The van der Waals surface area contributed by atoms with Crippen molar-refractivity contribution in [2.45, 2.75) is 6.92 Å². The van der Waals surface area contributed by atoms with Gasteiger partial charge >= 0.3 is 20.4 Å². The molecular weight excluding hydrogens is 178 g/mol. The van der Waals surface area contributed by atoms with Crippen molar-refractivity contribution in [1.29, 1.82) is 0 Å². The van der Waals surface area contributed by atoms with Crippen molar-refractivity contribution in [2.24, 2.45) is 0 Å². The minimum Gasteiger partial charge on any atom is -0.870 e. The monoisotopic (exact) mass is 186 g/mol. The van der Waals surface area contributed by atoms with Gasteiger partial charge in [-0.3, -0.25) is 0 Å². The zero-order valence-corrected chi connectivity index (χ0v) is 4.92. The Morgan fingerprint density at radius 2 is 1.33 bits per heavy atom. The molecule has 0 saturated carbocycles. The van der Waals surface area contributed by atoms with Gasteiger partial charge in [-0.2, -0.15) is 0 Å². The summed E-state index contributed by atoms with van der Waals surface area (Å²) in [4.78, 5) is 0. The van der Waals surface area contributed by atoms with Crippen LogP contribution in [0.4, 0.5) is 0 Å². The SMILES string of the molecule is CCO.[OH-].[OH-].[Pd+2]. The molecule has 0 saturated heterocycles. The summed E-state index contributed by atoms with van der Waals surface area (Å²) in [6.07, 6.45) is 0. The number of hydrogen-bond donors (Lipinski definition) is 1. The average Bonchev–Trinajstić information content (AvgIpc) is 0.918. The van der Waals surface area contributed by atoms with Crippen molar-refractivity contribution in [3.63, 3.8) is 0 Å². The van der Waals surface area contributed by atoms with Crippen LogP contribution in [0.1, 0.15) is 6.92 Å². The Kier molecular flexibility index (Phi) is 249. The van der Waals surface area contributed by atoms with Gasteiger partial charge in [-0.1, -0.05) is 0 Å². The zero-order chi connectivity index (χ0) is 2.71. The molecule has 0 aliphatic heterocycles. The largest absolute Gasteiger partial charge is 2.00 e. The third-order valence-electron chi connectivity index (χ3n) is 0. The van der Waals surface area contributed by atoms with Gasteiger partial charge in [-0.05, 0) is 6.92 Å². The second kappa shape index (κ2) is 48.1. The molecule has 0 aromatic heterocycles. The molecule has 4 heteroatoms. The maximum absolute atomic E-state index is 7.57. The molecular formula is C2H8O3Pd. The quantitative estimate of drug-likeness (QED) is 0.525. The van der Waals surface area contributed by atoms with Crippen LogP contribution in [0.25, 0.3) is 0 Å². The summed E-state index contributed by atoms with van der Waals surface area (Å²) in [6.45, 7) is 1.93. The van der Waals surface area contributed by atoms with Crippen LogP contribution >= 0.6 is 0 Å². The maximum atomic E-state index is 7.57. The average molecular weight is 187 g/mol. The van der Waals surface area contributed by atoms with Gasteiger partial charge in [0.05, 0.1) is 0 Å². The van der Waals surface area contributed by atoms with E-state index in [0.29, 0.717) is 0 Å². The van der Waals surface area contributed by atoms with E-state index in [-0.39, 0.29) is 38.0 Å². The first-order valence-electron chi connectivity index (χ1n) is 1.02. The first kappa shape index (κ1) is 31.1. The fraction of sp³-hybridized carbons (Fsp3) is 1.00. The van der Waals surface area contributed by atoms with Crippen LogP contribution in [0.15, 0.2) is 0 Å². The summed E-state index contributed by atoms with van der Waals surface area (Å²) >= 11 is 0. The van der Waals surface area contributed by atoms with E-state index in [2.05, 4.69) is 0 Å². The van der Waals surface area contributed by atoms with Gasteiger partial charge in [-0.25, -0.2) is 0 Å². The molecule has 0 rings (SSSR count). The number of rotatable bonds is 0. The molecule has 0 spiro atoms.